The molecule has 0 aliphatic heterocycles. The van der Waals surface area contributed by atoms with E-state index in [1.54, 1.807) is 0 Å². The van der Waals surface area contributed by atoms with Crippen molar-refractivity contribution in [3.8, 4) is 0 Å². The second-order valence-electron chi connectivity index (χ2n) is 4.91. The third kappa shape index (κ3) is 1.77. The summed E-state index contributed by atoms with van der Waals surface area (Å²) in [5.74, 6) is 1.35. The van der Waals surface area contributed by atoms with E-state index in [0.29, 0.717) is 11.8 Å². The Kier molecular flexibility index (Phi) is 2.73. The van der Waals surface area contributed by atoms with Crippen LogP contribution in [-0.2, 0) is 6.42 Å². The predicted octanol–water partition coefficient (Wildman–Crippen LogP) is 3.25. The molecular weight excluding hydrogens is 196 g/mol. The summed E-state index contributed by atoms with van der Waals surface area (Å²) < 4.78 is 0. The van der Waals surface area contributed by atoms with Gasteiger partial charge in [0, 0.05) is 18.3 Å². The van der Waals surface area contributed by atoms with Crippen LogP contribution >= 0.6 is 0 Å². The zero-order valence-corrected chi connectivity index (χ0v) is 9.60. The Hall–Kier alpha value is -1.18. The van der Waals surface area contributed by atoms with Crippen LogP contribution in [0.3, 0.4) is 0 Å². The summed E-state index contributed by atoms with van der Waals surface area (Å²) in [4.78, 5) is 9.06. The quantitative estimate of drug-likeness (QED) is 0.671. The number of hydrogen-bond acceptors (Lipinski definition) is 2. The van der Waals surface area contributed by atoms with E-state index in [0.717, 1.165) is 6.42 Å². The van der Waals surface area contributed by atoms with E-state index in [2.05, 4.69) is 22.1 Å². The maximum atomic E-state index is 4.58. The first-order chi connectivity index (χ1) is 7.95. The average Bonchev–Trinajstić information content (AvgIpc) is 2.39. The lowest BCUT2D eigenvalue weighted by Gasteiger charge is -2.30. The molecule has 0 fully saturated rings. The van der Waals surface area contributed by atoms with Crippen LogP contribution in [0.15, 0.2) is 24.5 Å². The average molecular weight is 214 g/mol. The van der Waals surface area contributed by atoms with Crippen molar-refractivity contribution in [1.29, 1.82) is 0 Å². The molecule has 0 saturated heterocycles. The Morgan fingerprint density at radius 3 is 2.88 bits per heavy atom. The van der Waals surface area contributed by atoms with Gasteiger partial charge in [-0.1, -0.05) is 12.2 Å². The Morgan fingerprint density at radius 2 is 2.00 bits per heavy atom. The van der Waals surface area contributed by atoms with Crippen LogP contribution < -0.4 is 0 Å². The summed E-state index contributed by atoms with van der Waals surface area (Å²) >= 11 is 0. The fourth-order valence-electron chi connectivity index (χ4n) is 3.10. The molecule has 2 aliphatic carbocycles. The standard InChI is InChI=1S/C14H18N2/c1-2-5-11(6-3-1)12-7-4-8-13-14(12)16-10-9-15-13/h2,5,9-12H,1,3-4,6-8H2/t11-,12?/m0/s1. The highest BCUT2D eigenvalue weighted by Crippen LogP contribution is 2.38. The van der Waals surface area contributed by atoms with Gasteiger partial charge in [-0.25, -0.2) is 0 Å². The van der Waals surface area contributed by atoms with Gasteiger partial charge in [0.1, 0.15) is 0 Å². The van der Waals surface area contributed by atoms with E-state index in [9.17, 15) is 0 Å². The van der Waals surface area contributed by atoms with Crippen molar-refractivity contribution in [1.82, 2.24) is 9.97 Å². The molecule has 0 bridgehead atoms. The number of fused-ring (bicyclic) bond motifs is 1. The van der Waals surface area contributed by atoms with Gasteiger partial charge in [0.05, 0.1) is 11.4 Å². The van der Waals surface area contributed by atoms with Gasteiger partial charge in [-0.3, -0.25) is 9.97 Å². The molecule has 1 unspecified atom stereocenters. The second kappa shape index (κ2) is 4.36. The molecule has 1 aromatic rings. The SMILES string of the molecule is C1=C[C@H](C2CCCc3nccnc32)CCC1. The molecular formula is C14H18N2. The zero-order valence-electron chi connectivity index (χ0n) is 9.60. The minimum atomic E-state index is 0.633. The van der Waals surface area contributed by atoms with Gasteiger partial charge >= 0.3 is 0 Å². The number of aromatic nitrogens is 2. The van der Waals surface area contributed by atoms with E-state index in [1.807, 2.05) is 12.4 Å². The lowest BCUT2D eigenvalue weighted by Crippen LogP contribution is -2.20. The van der Waals surface area contributed by atoms with Crippen LogP contribution in [0.5, 0.6) is 0 Å². The molecule has 0 saturated carbocycles. The van der Waals surface area contributed by atoms with Crippen molar-refractivity contribution in [3.63, 3.8) is 0 Å². The number of rotatable bonds is 1. The highest BCUT2D eigenvalue weighted by atomic mass is 14.8. The first-order valence-corrected chi connectivity index (χ1v) is 6.41. The molecule has 0 amide bonds. The minimum Gasteiger partial charge on any atom is -0.258 e. The predicted molar refractivity (Wildman–Crippen MR) is 64.2 cm³/mol. The first-order valence-electron chi connectivity index (χ1n) is 6.41. The van der Waals surface area contributed by atoms with Gasteiger partial charge in [-0.15, -0.1) is 0 Å². The summed E-state index contributed by atoms with van der Waals surface area (Å²) in [7, 11) is 0. The van der Waals surface area contributed by atoms with Crippen LogP contribution in [0.25, 0.3) is 0 Å². The topological polar surface area (TPSA) is 25.8 Å². The maximum absolute atomic E-state index is 4.58. The summed E-state index contributed by atoms with van der Waals surface area (Å²) in [5.41, 5.74) is 2.53. The molecule has 3 rings (SSSR count). The lowest BCUT2D eigenvalue weighted by atomic mass is 9.76. The fraction of sp³-hybridized carbons (Fsp3) is 0.571. The molecule has 0 spiro atoms. The normalized spacial score (nSPS) is 28.8. The van der Waals surface area contributed by atoms with Crippen molar-refractivity contribution in [2.75, 3.05) is 0 Å². The lowest BCUT2D eigenvalue weighted by molar-refractivity contribution is 0.389. The number of aryl methyl sites for hydroxylation is 1. The van der Waals surface area contributed by atoms with Gasteiger partial charge in [0.15, 0.2) is 0 Å². The molecule has 1 aromatic heterocycles. The molecule has 2 atom stereocenters. The molecule has 2 aliphatic rings. The van der Waals surface area contributed by atoms with Crippen molar-refractivity contribution in [2.45, 2.75) is 44.4 Å². The Bertz CT molecular complexity index is 397. The van der Waals surface area contributed by atoms with E-state index in [-0.39, 0.29) is 0 Å². The molecule has 0 N–H and O–H groups in total. The smallest absolute Gasteiger partial charge is 0.0655 e. The van der Waals surface area contributed by atoms with Gasteiger partial charge in [0.2, 0.25) is 0 Å². The molecule has 84 valence electrons. The van der Waals surface area contributed by atoms with Crippen molar-refractivity contribution >= 4 is 0 Å². The monoisotopic (exact) mass is 214 g/mol. The van der Waals surface area contributed by atoms with Crippen LogP contribution in [0, 0.1) is 5.92 Å². The maximum Gasteiger partial charge on any atom is 0.0655 e. The van der Waals surface area contributed by atoms with Crippen molar-refractivity contribution in [2.24, 2.45) is 5.92 Å². The molecule has 0 radical (unpaired) electrons. The van der Waals surface area contributed by atoms with Gasteiger partial charge in [-0.05, 0) is 44.4 Å². The van der Waals surface area contributed by atoms with Crippen LogP contribution in [0.2, 0.25) is 0 Å². The van der Waals surface area contributed by atoms with E-state index in [1.165, 1.54) is 43.5 Å². The highest BCUT2D eigenvalue weighted by molar-refractivity contribution is 5.22. The molecule has 16 heavy (non-hydrogen) atoms. The molecule has 2 nitrogen and oxygen atoms in total. The number of hydrogen-bond donors (Lipinski definition) is 0. The Labute approximate surface area is 96.8 Å². The zero-order chi connectivity index (χ0) is 10.8. The fourth-order valence-corrected chi connectivity index (χ4v) is 3.10. The van der Waals surface area contributed by atoms with Crippen molar-refractivity contribution < 1.29 is 0 Å². The molecule has 2 heteroatoms. The van der Waals surface area contributed by atoms with E-state index in [4.69, 9.17) is 0 Å². The molecule has 1 heterocycles. The minimum absolute atomic E-state index is 0.633. The van der Waals surface area contributed by atoms with Crippen LogP contribution in [0.1, 0.15) is 49.4 Å². The Balaban J connectivity index is 1.92. The summed E-state index contributed by atoms with van der Waals surface area (Å²) in [6.45, 7) is 0. The third-order valence-corrected chi connectivity index (χ3v) is 3.89. The number of nitrogens with zero attached hydrogens (tertiary/aromatic N) is 2. The van der Waals surface area contributed by atoms with Crippen molar-refractivity contribution in [3.05, 3.63) is 35.9 Å². The van der Waals surface area contributed by atoms with Gasteiger partial charge < -0.3 is 0 Å². The highest BCUT2D eigenvalue weighted by Gasteiger charge is 2.28. The number of allylic oxidation sites excluding steroid dienone is 2. The molecule has 0 aromatic carbocycles. The summed E-state index contributed by atoms with van der Waals surface area (Å²) in [5, 5.41) is 0. The van der Waals surface area contributed by atoms with Crippen LogP contribution in [0.4, 0.5) is 0 Å². The van der Waals surface area contributed by atoms with Crippen LogP contribution in [-0.4, -0.2) is 9.97 Å². The summed E-state index contributed by atoms with van der Waals surface area (Å²) in [6, 6.07) is 0. The largest absolute Gasteiger partial charge is 0.258 e. The Morgan fingerprint density at radius 1 is 1.06 bits per heavy atom. The van der Waals surface area contributed by atoms with E-state index >= 15 is 0 Å². The summed E-state index contributed by atoms with van der Waals surface area (Å²) in [6.07, 6.45) is 16.1. The first kappa shape index (κ1) is 10.0. The van der Waals surface area contributed by atoms with E-state index < -0.39 is 0 Å². The van der Waals surface area contributed by atoms with Gasteiger partial charge in [-0.2, -0.15) is 0 Å². The van der Waals surface area contributed by atoms with Gasteiger partial charge in [0.25, 0.3) is 0 Å². The second-order valence-corrected chi connectivity index (χ2v) is 4.91. The third-order valence-electron chi connectivity index (χ3n) is 3.89.